The van der Waals surface area contributed by atoms with E-state index >= 15 is 0 Å². The molecule has 6 nitrogen and oxygen atoms in total. The highest BCUT2D eigenvalue weighted by molar-refractivity contribution is 7.18. The number of rotatable bonds is 4. The van der Waals surface area contributed by atoms with Gasteiger partial charge in [0.05, 0.1) is 19.8 Å². The van der Waals surface area contributed by atoms with E-state index in [0.29, 0.717) is 24.7 Å². The van der Waals surface area contributed by atoms with E-state index in [1.807, 2.05) is 6.92 Å². The molecule has 1 fully saturated rings. The number of carbonyl (C=O) groups is 1. The van der Waals surface area contributed by atoms with Crippen LogP contribution in [0.2, 0.25) is 0 Å². The zero-order valence-corrected chi connectivity index (χ0v) is 11.2. The number of carbonyl (C=O) groups excluding carboxylic acids is 1. The molecule has 2 rings (SSSR count). The lowest BCUT2D eigenvalue weighted by atomic mass is 10.4. The monoisotopic (exact) mass is 271 g/mol. The SMILES string of the molecule is CCCOC(=O)c1sc(N2CCOCC2)nc1N. The van der Waals surface area contributed by atoms with Crippen molar-refractivity contribution in [3.63, 3.8) is 0 Å². The third kappa shape index (κ3) is 2.91. The van der Waals surface area contributed by atoms with Crippen LogP contribution in [0, 0.1) is 0 Å². The van der Waals surface area contributed by atoms with Gasteiger partial charge in [-0.2, -0.15) is 0 Å². The smallest absolute Gasteiger partial charge is 0.352 e. The molecule has 0 spiro atoms. The van der Waals surface area contributed by atoms with Crippen molar-refractivity contribution in [3.8, 4) is 0 Å². The first kappa shape index (κ1) is 13.1. The Balaban J connectivity index is 2.08. The van der Waals surface area contributed by atoms with Crippen LogP contribution in [0.4, 0.5) is 10.9 Å². The van der Waals surface area contributed by atoms with Gasteiger partial charge in [0.15, 0.2) is 15.8 Å². The van der Waals surface area contributed by atoms with Gasteiger partial charge < -0.3 is 20.1 Å². The molecule has 7 heteroatoms. The van der Waals surface area contributed by atoms with Crippen molar-refractivity contribution in [2.75, 3.05) is 43.5 Å². The Morgan fingerprint density at radius 3 is 2.94 bits per heavy atom. The van der Waals surface area contributed by atoms with E-state index in [-0.39, 0.29) is 11.8 Å². The summed E-state index contributed by atoms with van der Waals surface area (Å²) in [6.45, 7) is 5.25. The third-order valence-corrected chi connectivity index (χ3v) is 3.66. The molecule has 2 heterocycles. The molecule has 1 aromatic heterocycles. The van der Waals surface area contributed by atoms with Gasteiger partial charge in [0, 0.05) is 13.1 Å². The maximum atomic E-state index is 11.7. The number of ether oxygens (including phenoxy) is 2. The average Bonchev–Trinajstić information content (AvgIpc) is 2.79. The summed E-state index contributed by atoms with van der Waals surface area (Å²) in [7, 11) is 0. The molecule has 2 N–H and O–H groups in total. The predicted molar refractivity (Wildman–Crippen MR) is 70.1 cm³/mol. The van der Waals surface area contributed by atoms with Crippen molar-refractivity contribution in [2.45, 2.75) is 13.3 Å². The van der Waals surface area contributed by atoms with Crippen LogP contribution in [0.5, 0.6) is 0 Å². The van der Waals surface area contributed by atoms with Gasteiger partial charge in [0.25, 0.3) is 0 Å². The van der Waals surface area contributed by atoms with E-state index in [2.05, 4.69) is 9.88 Å². The summed E-state index contributed by atoms with van der Waals surface area (Å²) in [5.41, 5.74) is 5.76. The van der Waals surface area contributed by atoms with E-state index in [1.165, 1.54) is 11.3 Å². The van der Waals surface area contributed by atoms with Gasteiger partial charge >= 0.3 is 5.97 Å². The molecular formula is C11H17N3O3S. The molecule has 1 aliphatic rings. The van der Waals surface area contributed by atoms with Gasteiger partial charge in [0.2, 0.25) is 0 Å². The second kappa shape index (κ2) is 6.01. The van der Waals surface area contributed by atoms with E-state index in [4.69, 9.17) is 15.2 Å². The van der Waals surface area contributed by atoms with Crippen LogP contribution in [0.1, 0.15) is 23.0 Å². The fraction of sp³-hybridized carbons (Fsp3) is 0.636. The molecule has 0 aliphatic carbocycles. The van der Waals surface area contributed by atoms with Crippen LogP contribution < -0.4 is 10.6 Å². The first-order valence-corrected chi connectivity index (χ1v) is 6.80. The summed E-state index contributed by atoms with van der Waals surface area (Å²) in [6.07, 6.45) is 0.792. The molecule has 0 bridgehead atoms. The van der Waals surface area contributed by atoms with E-state index < -0.39 is 0 Å². The summed E-state index contributed by atoms with van der Waals surface area (Å²) in [5, 5.41) is 0.763. The van der Waals surface area contributed by atoms with E-state index in [1.54, 1.807) is 0 Å². The highest BCUT2D eigenvalue weighted by Crippen LogP contribution is 2.29. The average molecular weight is 271 g/mol. The predicted octanol–water partition coefficient (Wildman–Crippen LogP) is 1.13. The van der Waals surface area contributed by atoms with Crippen LogP contribution in [-0.2, 0) is 9.47 Å². The molecule has 18 heavy (non-hydrogen) atoms. The number of hydrogen-bond acceptors (Lipinski definition) is 7. The lowest BCUT2D eigenvalue weighted by Crippen LogP contribution is -2.36. The first-order valence-electron chi connectivity index (χ1n) is 5.98. The number of nitrogen functional groups attached to an aromatic ring is 1. The highest BCUT2D eigenvalue weighted by atomic mass is 32.1. The number of hydrogen-bond donors (Lipinski definition) is 1. The van der Waals surface area contributed by atoms with Gasteiger partial charge in [0.1, 0.15) is 0 Å². The highest BCUT2D eigenvalue weighted by Gasteiger charge is 2.21. The zero-order valence-electron chi connectivity index (χ0n) is 10.3. The molecule has 0 atom stereocenters. The number of anilines is 2. The molecule has 1 saturated heterocycles. The Bertz CT molecular complexity index is 416. The number of aromatic nitrogens is 1. The molecule has 0 radical (unpaired) electrons. The maximum absolute atomic E-state index is 11.7. The van der Waals surface area contributed by atoms with Crippen molar-refractivity contribution < 1.29 is 14.3 Å². The minimum absolute atomic E-state index is 0.252. The molecule has 1 aromatic rings. The molecule has 1 aliphatic heterocycles. The Hall–Kier alpha value is -1.34. The quantitative estimate of drug-likeness (QED) is 0.827. The van der Waals surface area contributed by atoms with E-state index in [0.717, 1.165) is 24.6 Å². The third-order valence-electron chi connectivity index (χ3n) is 2.55. The van der Waals surface area contributed by atoms with Gasteiger partial charge in [-0.15, -0.1) is 0 Å². The lowest BCUT2D eigenvalue weighted by Gasteiger charge is -2.25. The second-order valence-electron chi connectivity index (χ2n) is 3.95. The Morgan fingerprint density at radius 1 is 1.56 bits per heavy atom. The number of nitrogens with zero attached hydrogens (tertiary/aromatic N) is 2. The number of esters is 1. The van der Waals surface area contributed by atoms with Crippen LogP contribution in [0.15, 0.2) is 0 Å². The van der Waals surface area contributed by atoms with Crippen molar-refractivity contribution in [1.29, 1.82) is 0 Å². The molecular weight excluding hydrogens is 254 g/mol. The summed E-state index contributed by atoms with van der Waals surface area (Å²) >= 11 is 1.28. The Morgan fingerprint density at radius 2 is 2.28 bits per heavy atom. The van der Waals surface area contributed by atoms with Crippen molar-refractivity contribution in [1.82, 2.24) is 4.98 Å². The Labute approximate surface area is 110 Å². The zero-order chi connectivity index (χ0) is 13.0. The van der Waals surface area contributed by atoms with Crippen LogP contribution in [0.25, 0.3) is 0 Å². The molecule has 100 valence electrons. The standard InChI is InChI=1S/C11H17N3O3S/c1-2-5-17-10(15)8-9(12)13-11(18-8)14-3-6-16-7-4-14/h2-7,12H2,1H3. The largest absolute Gasteiger partial charge is 0.461 e. The van der Waals surface area contributed by atoms with Crippen LogP contribution in [0.3, 0.4) is 0 Å². The number of thiazole rings is 1. The number of morpholine rings is 1. The normalized spacial score (nSPS) is 15.7. The summed E-state index contributed by atoms with van der Waals surface area (Å²) in [4.78, 5) is 18.4. The fourth-order valence-corrected chi connectivity index (χ4v) is 2.55. The summed E-state index contributed by atoms with van der Waals surface area (Å²) < 4.78 is 10.3. The van der Waals surface area contributed by atoms with Crippen molar-refractivity contribution in [2.24, 2.45) is 0 Å². The minimum atomic E-state index is -0.383. The van der Waals surface area contributed by atoms with Crippen molar-refractivity contribution in [3.05, 3.63) is 4.88 Å². The Kier molecular flexibility index (Phi) is 4.38. The maximum Gasteiger partial charge on any atom is 0.352 e. The lowest BCUT2D eigenvalue weighted by molar-refractivity contribution is 0.0512. The van der Waals surface area contributed by atoms with Crippen LogP contribution in [-0.4, -0.2) is 43.9 Å². The van der Waals surface area contributed by atoms with Gasteiger partial charge in [-0.05, 0) is 6.42 Å². The van der Waals surface area contributed by atoms with E-state index in [9.17, 15) is 4.79 Å². The molecule has 0 saturated carbocycles. The van der Waals surface area contributed by atoms with Gasteiger partial charge in [-0.3, -0.25) is 0 Å². The summed E-state index contributed by atoms with van der Waals surface area (Å²) in [6, 6.07) is 0. The first-order chi connectivity index (χ1) is 8.72. The van der Waals surface area contributed by atoms with Gasteiger partial charge in [-0.25, -0.2) is 9.78 Å². The minimum Gasteiger partial charge on any atom is -0.461 e. The topological polar surface area (TPSA) is 77.7 Å². The molecule has 0 unspecified atom stereocenters. The second-order valence-corrected chi connectivity index (χ2v) is 4.92. The van der Waals surface area contributed by atoms with Crippen LogP contribution >= 0.6 is 11.3 Å². The molecule has 0 amide bonds. The number of nitrogens with two attached hydrogens (primary N) is 1. The fourth-order valence-electron chi connectivity index (χ4n) is 1.62. The van der Waals surface area contributed by atoms with Gasteiger partial charge in [-0.1, -0.05) is 18.3 Å². The summed E-state index contributed by atoms with van der Waals surface area (Å²) in [5.74, 6) is -0.131. The molecule has 0 aromatic carbocycles. The van der Waals surface area contributed by atoms with Crippen molar-refractivity contribution >= 4 is 28.3 Å².